The molecule has 112 valence electrons. The smallest absolute Gasteiger partial charge is 0.387 e. The van der Waals surface area contributed by atoms with Crippen molar-refractivity contribution >= 4 is 29.0 Å². The topological polar surface area (TPSA) is 74.2 Å². The Labute approximate surface area is 123 Å². The predicted octanol–water partition coefficient (Wildman–Crippen LogP) is 1.57. The molecule has 3 N–H and O–H groups in total. The third kappa shape index (κ3) is 3.79. The molecule has 0 saturated carbocycles. The van der Waals surface area contributed by atoms with Gasteiger partial charge in [-0.1, -0.05) is 12.1 Å². The Morgan fingerprint density at radius 2 is 1.95 bits per heavy atom. The van der Waals surface area contributed by atoms with Gasteiger partial charge in [0.15, 0.2) is 0 Å². The number of imide groups is 1. The number of benzene rings is 1. The van der Waals surface area contributed by atoms with Crippen LogP contribution in [0.1, 0.15) is 5.56 Å². The minimum atomic E-state index is -2.88. The highest BCUT2D eigenvalue weighted by Gasteiger charge is 2.34. The highest BCUT2D eigenvalue weighted by molar-refractivity contribution is 8.18. The number of ether oxygens (including phenoxy) is 1. The summed E-state index contributed by atoms with van der Waals surface area (Å²) in [5.74, 6) is -0.325. The van der Waals surface area contributed by atoms with Gasteiger partial charge in [-0.2, -0.15) is 8.78 Å². The first-order valence-corrected chi connectivity index (χ1v) is 6.92. The molecule has 1 saturated heterocycles. The summed E-state index contributed by atoms with van der Waals surface area (Å²) in [7, 11) is 0. The van der Waals surface area contributed by atoms with E-state index in [9.17, 15) is 18.4 Å². The molecule has 8 heteroatoms. The molecule has 0 atom stereocenters. The molecule has 1 aromatic rings. The Hall–Kier alpha value is -1.93. The lowest BCUT2D eigenvalue weighted by Gasteiger charge is -2.08. The van der Waals surface area contributed by atoms with Crippen LogP contribution in [0.15, 0.2) is 29.2 Å². The summed E-state index contributed by atoms with van der Waals surface area (Å²) in [5, 5.41) is -0.326. The molecular formula is C13H13F2N2O3S+. The van der Waals surface area contributed by atoms with E-state index in [2.05, 4.69) is 10.5 Å². The van der Waals surface area contributed by atoms with Gasteiger partial charge in [-0.15, -0.1) is 0 Å². The number of alkyl halides is 2. The van der Waals surface area contributed by atoms with Crippen LogP contribution >= 0.6 is 11.8 Å². The van der Waals surface area contributed by atoms with Crippen LogP contribution < -0.4 is 10.5 Å². The van der Waals surface area contributed by atoms with Crippen LogP contribution in [0.4, 0.5) is 13.6 Å². The SMILES string of the molecule is [NH3+]CCN1C(=O)S/C(=C/c2ccc(OC(F)F)cc2)C1=O. The van der Waals surface area contributed by atoms with Crippen LogP contribution in [0.2, 0.25) is 0 Å². The molecule has 0 radical (unpaired) electrons. The molecule has 1 aliphatic heterocycles. The normalized spacial score (nSPS) is 17.1. The second-order valence-corrected chi connectivity index (χ2v) is 5.13. The van der Waals surface area contributed by atoms with Crippen molar-refractivity contribution in [3.8, 4) is 5.75 Å². The molecule has 5 nitrogen and oxygen atoms in total. The van der Waals surface area contributed by atoms with Crippen LogP contribution in [0, 0.1) is 0 Å². The number of hydrogen-bond acceptors (Lipinski definition) is 4. The lowest BCUT2D eigenvalue weighted by molar-refractivity contribution is -0.367. The summed E-state index contributed by atoms with van der Waals surface area (Å²) in [6, 6.07) is 5.82. The molecule has 1 fully saturated rings. The fourth-order valence-corrected chi connectivity index (χ4v) is 2.61. The van der Waals surface area contributed by atoms with Crippen molar-refractivity contribution < 1.29 is 28.8 Å². The van der Waals surface area contributed by atoms with Gasteiger partial charge >= 0.3 is 6.61 Å². The van der Waals surface area contributed by atoms with Gasteiger partial charge in [0, 0.05) is 0 Å². The van der Waals surface area contributed by atoms with Gasteiger partial charge in [0.2, 0.25) is 0 Å². The van der Waals surface area contributed by atoms with Gasteiger partial charge < -0.3 is 10.5 Å². The molecule has 1 aromatic carbocycles. The molecule has 0 spiro atoms. The van der Waals surface area contributed by atoms with Crippen LogP contribution in [0.3, 0.4) is 0 Å². The first-order chi connectivity index (χ1) is 10.0. The maximum atomic E-state index is 12.0. The van der Waals surface area contributed by atoms with Gasteiger partial charge in [0.25, 0.3) is 11.1 Å². The Kier molecular flexibility index (Phi) is 4.92. The van der Waals surface area contributed by atoms with Crippen molar-refractivity contribution in [1.29, 1.82) is 0 Å². The zero-order valence-electron chi connectivity index (χ0n) is 10.9. The van der Waals surface area contributed by atoms with Gasteiger partial charge in [-0.05, 0) is 35.5 Å². The first-order valence-electron chi connectivity index (χ1n) is 6.10. The Balaban J connectivity index is 2.13. The predicted molar refractivity (Wildman–Crippen MR) is 73.5 cm³/mol. The molecule has 0 aliphatic carbocycles. The van der Waals surface area contributed by atoms with E-state index in [1.165, 1.54) is 24.3 Å². The summed E-state index contributed by atoms with van der Waals surface area (Å²) >= 11 is 0.851. The van der Waals surface area contributed by atoms with Crippen LogP contribution in [0.5, 0.6) is 5.75 Å². The number of rotatable bonds is 5. The Morgan fingerprint density at radius 1 is 1.29 bits per heavy atom. The zero-order valence-corrected chi connectivity index (χ0v) is 11.7. The van der Waals surface area contributed by atoms with Gasteiger partial charge in [0.05, 0.1) is 18.0 Å². The van der Waals surface area contributed by atoms with Crippen molar-refractivity contribution in [2.24, 2.45) is 0 Å². The molecule has 0 aromatic heterocycles. The van der Waals surface area contributed by atoms with E-state index in [0.29, 0.717) is 17.0 Å². The highest BCUT2D eigenvalue weighted by Crippen LogP contribution is 2.32. The molecule has 0 bridgehead atoms. The van der Waals surface area contributed by atoms with E-state index >= 15 is 0 Å². The quantitative estimate of drug-likeness (QED) is 0.837. The second-order valence-electron chi connectivity index (χ2n) is 4.13. The van der Waals surface area contributed by atoms with E-state index in [4.69, 9.17) is 0 Å². The number of carbonyl (C=O) groups is 2. The molecule has 21 heavy (non-hydrogen) atoms. The van der Waals surface area contributed by atoms with Gasteiger partial charge in [-0.3, -0.25) is 14.5 Å². The maximum absolute atomic E-state index is 12.0. The Morgan fingerprint density at radius 3 is 2.52 bits per heavy atom. The highest BCUT2D eigenvalue weighted by atomic mass is 32.2. The number of thioether (sulfide) groups is 1. The minimum absolute atomic E-state index is 0.0345. The van der Waals surface area contributed by atoms with Crippen molar-refractivity contribution in [3.63, 3.8) is 0 Å². The fourth-order valence-electron chi connectivity index (χ4n) is 1.75. The summed E-state index contributed by atoms with van der Waals surface area (Å²) in [6.45, 7) is -2.15. The lowest BCUT2D eigenvalue weighted by atomic mass is 10.2. The average molecular weight is 315 g/mol. The summed E-state index contributed by atoms with van der Waals surface area (Å²) in [6.07, 6.45) is 1.54. The van der Waals surface area contributed by atoms with Crippen LogP contribution in [-0.2, 0) is 4.79 Å². The number of quaternary nitrogens is 1. The zero-order chi connectivity index (χ0) is 15.4. The van der Waals surface area contributed by atoms with Crippen molar-refractivity contribution in [2.75, 3.05) is 13.1 Å². The van der Waals surface area contributed by atoms with Crippen molar-refractivity contribution in [2.45, 2.75) is 6.61 Å². The lowest BCUT2D eigenvalue weighted by Crippen LogP contribution is -2.55. The summed E-state index contributed by atoms with van der Waals surface area (Å²) < 4.78 is 28.3. The first kappa shape index (κ1) is 15.5. The van der Waals surface area contributed by atoms with Crippen LogP contribution in [-0.4, -0.2) is 35.7 Å². The van der Waals surface area contributed by atoms with Crippen molar-refractivity contribution in [1.82, 2.24) is 4.90 Å². The third-order valence-electron chi connectivity index (χ3n) is 2.66. The van der Waals surface area contributed by atoms with Crippen molar-refractivity contribution in [3.05, 3.63) is 34.7 Å². The minimum Gasteiger partial charge on any atom is -0.435 e. The Bertz CT molecular complexity index is 575. The largest absolute Gasteiger partial charge is 0.435 e. The molecular weight excluding hydrogens is 302 g/mol. The van der Waals surface area contributed by atoms with E-state index in [1.807, 2.05) is 0 Å². The molecule has 1 heterocycles. The molecule has 2 amide bonds. The number of carbonyl (C=O) groups excluding carboxylic acids is 2. The van der Waals surface area contributed by atoms with Crippen LogP contribution in [0.25, 0.3) is 6.08 Å². The number of hydrogen-bond donors (Lipinski definition) is 1. The molecule has 1 aliphatic rings. The third-order valence-corrected chi connectivity index (χ3v) is 3.57. The van der Waals surface area contributed by atoms with Gasteiger partial charge in [0.1, 0.15) is 5.75 Å². The van der Waals surface area contributed by atoms with E-state index in [1.54, 1.807) is 6.08 Å². The monoisotopic (exact) mass is 315 g/mol. The molecule has 0 unspecified atom stereocenters. The summed E-state index contributed by atoms with van der Waals surface area (Å²) in [4.78, 5) is 25.1. The summed E-state index contributed by atoms with van der Waals surface area (Å²) in [5.41, 5.74) is 4.23. The fraction of sp³-hybridized carbons (Fsp3) is 0.231. The standard InChI is InChI=1S/C13H12F2N2O3S/c14-12(15)20-9-3-1-8(2-4-9)7-10-11(18)17(6-5-16)13(19)21-10/h1-4,7,12H,5-6,16H2/p+1/b10-7+. The maximum Gasteiger partial charge on any atom is 0.387 e. The van der Waals surface area contributed by atoms with Gasteiger partial charge in [-0.25, -0.2) is 0 Å². The molecule has 2 rings (SSSR count). The van der Waals surface area contributed by atoms with E-state index in [0.717, 1.165) is 16.7 Å². The number of nitrogens with zero attached hydrogens (tertiary/aromatic N) is 1. The second kappa shape index (κ2) is 6.68. The average Bonchev–Trinajstić information content (AvgIpc) is 2.69. The number of halogens is 2. The van der Waals surface area contributed by atoms with E-state index in [-0.39, 0.29) is 23.4 Å². The number of amides is 2. The van der Waals surface area contributed by atoms with E-state index < -0.39 is 6.61 Å².